The third-order valence-electron chi connectivity index (χ3n) is 4.02. The summed E-state index contributed by atoms with van der Waals surface area (Å²) in [4.78, 5) is 17.4. The lowest BCUT2D eigenvalue weighted by molar-refractivity contribution is 0.0957. The van der Waals surface area contributed by atoms with Gasteiger partial charge in [-0.1, -0.05) is 41.9 Å². The molecule has 27 heavy (non-hydrogen) atoms. The zero-order valence-corrected chi connectivity index (χ0v) is 15.7. The van der Waals surface area contributed by atoms with E-state index in [0.717, 1.165) is 22.0 Å². The van der Waals surface area contributed by atoms with Crippen LogP contribution in [-0.2, 0) is 0 Å². The lowest BCUT2D eigenvalue weighted by Gasteiger charge is -2.09. The molecule has 0 unspecified atom stereocenters. The van der Waals surface area contributed by atoms with E-state index in [-0.39, 0.29) is 5.91 Å². The van der Waals surface area contributed by atoms with E-state index in [4.69, 9.17) is 11.6 Å². The molecule has 2 aromatic heterocycles. The highest BCUT2D eigenvalue weighted by molar-refractivity contribution is 7.08. The fourth-order valence-corrected chi connectivity index (χ4v) is 3.44. The van der Waals surface area contributed by atoms with Gasteiger partial charge in [0.25, 0.3) is 5.91 Å². The van der Waals surface area contributed by atoms with Crippen molar-refractivity contribution in [2.24, 2.45) is 5.10 Å². The molecule has 1 N–H and O–H groups in total. The second-order valence-corrected chi connectivity index (χ2v) is 7.05. The summed E-state index contributed by atoms with van der Waals surface area (Å²) in [6.07, 6.45) is 1.62. The number of para-hydroxylation sites is 1. The Hall–Kier alpha value is -3.02. The van der Waals surface area contributed by atoms with Crippen LogP contribution < -0.4 is 5.43 Å². The van der Waals surface area contributed by atoms with Crippen LogP contribution >= 0.6 is 22.9 Å². The number of hydrogen-bond acceptors (Lipinski definition) is 4. The van der Waals surface area contributed by atoms with Gasteiger partial charge in [-0.3, -0.25) is 4.79 Å². The number of carbonyl (C=O) groups is 1. The minimum Gasteiger partial charge on any atom is -0.267 e. The van der Waals surface area contributed by atoms with Crippen LogP contribution in [0.1, 0.15) is 15.9 Å². The largest absolute Gasteiger partial charge is 0.272 e. The number of amides is 1. The average Bonchev–Trinajstić information content (AvgIpc) is 3.21. The van der Waals surface area contributed by atoms with Gasteiger partial charge in [0.1, 0.15) is 0 Å². The number of nitrogens with one attached hydrogen (secondary N) is 1. The summed E-state index contributed by atoms with van der Waals surface area (Å²) in [5, 5.41) is 9.40. The second kappa shape index (κ2) is 7.70. The Balaban J connectivity index is 1.71. The zero-order valence-electron chi connectivity index (χ0n) is 14.1. The highest BCUT2D eigenvalue weighted by atomic mass is 35.5. The molecular weight excluding hydrogens is 378 g/mol. The first-order chi connectivity index (χ1) is 13.2. The number of benzene rings is 2. The van der Waals surface area contributed by atoms with Crippen molar-refractivity contribution in [2.45, 2.75) is 0 Å². The summed E-state index contributed by atoms with van der Waals surface area (Å²) in [6, 6.07) is 18.6. The molecule has 0 aliphatic heterocycles. The van der Waals surface area contributed by atoms with Crippen molar-refractivity contribution in [1.29, 1.82) is 0 Å². The Morgan fingerprint density at radius 2 is 1.93 bits per heavy atom. The highest BCUT2D eigenvalue weighted by Crippen LogP contribution is 2.26. The summed E-state index contributed by atoms with van der Waals surface area (Å²) >= 11 is 7.55. The van der Waals surface area contributed by atoms with Gasteiger partial charge in [-0.25, -0.2) is 10.4 Å². The number of nitrogens with zero attached hydrogens (tertiary/aromatic N) is 2. The predicted octanol–water partition coefficient (Wildman–Crippen LogP) is 5.38. The maximum atomic E-state index is 12.8. The molecule has 0 radical (unpaired) electrons. The molecule has 2 heterocycles. The first-order valence-corrected chi connectivity index (χ1v) is 9.54. The molecule has 4 aromatic rings. The molecule has 4 nitrogen and oxygen atoms in total. The summed E-state index contributed by atoms with van der Waals surface area (Å²) in [5.74, 6) is -0.282. The van der Waals surface area contributed by atoms with Gasteiger partial charge >= 0.3 is 0 Å². The standard InChI is InChI=1S/C21H14ClN3OS/c22-16-7-5-15(6-8-16)20-11-18(17-3-1-2-4-19(17)24-20)21(26)25-23-12-14-9-10-27-13-14/h1-13H,(H,25,26)/b23-12+. The van der Waals surface area contributed by atoms with Gasteiger partial charge in [-0.2, -0.15) is 16.4 Å². The van der Waals surface area contributed by atoms with E-state index in [1.165, 1.54) is 0 Å². The first-order valence-electron chi connectivity index (χ1n) is 8.22. The molecule has 0 spiro atoms. The van der Waals surface area contributed by atoms with Gasteiger partial charge in [-0.15, -0.1) is 0 Å². The van der Waals surface area contributed by atoms with Gasteiger partial charge in [0.05, 0.1) is 23.0 Å². The normalized spacial score (nSPS) is 11.1. The van der Waals surface area contributed by atoms with E-state index in [0.29, 0.717) is 16.3 Å². The summed E-state index contributed by atoms with van der Waals surface area (Å²) in [6.45, 7) is 0. The first kappa shape index (κ1) is 17.4. The molecule has 1 amide bonds. The molecule has 0 saturated carbocycles. The Morgan fingerprint density at radius 3 is 2.70 bits per heavy atom. The van der Waals surface area contributed by atoms with Crippen LogP contribution in [-0.4, -0.2) is 17.1 Å². The predicted molar refractivity (Wildman–Crippen MR) is 112 cm³/mol. The van der Waals surface area contributed by atoms with Gasteiger partial charge in [0, 0.05) is 21.5 Å². The fourth-order valence-electron chi connectivity index (χ4n) is 2.71. The van der Waals surface area contributed by atoms with Crippen LogP contribution in [0.25, 0.3) is 22.2 Å². The topological polar surface area (TPSA) is 54.4 Å². The molecule has 0 aliphatic rings. The second-order valence-electron chi connectivity index (χ2n) is 5.83. The smallest absolute Gasteiger partial charge is 0.267 e. The number of hydrazone groups is 1. The van der Waals surface area contributed by atoms with Crippen LogP contribution in [0.5, 0.6) is 0 Å². The summed E-state index contributed by atoms with van der Waals surface area (Å²) < 4.78 is 0. The van der Waals surface area contributed by atoms with Crippen LogP contribution in [0.15, 0.2) is 76.5 Å². The molecule has 0 bridgehead atoms. The number of hydrogen-bond donors (Lipinski definition) is 1. The third-order valence-corrected chi connectivity index (χ3v) is 4.98. The molecule has 132 valence electrons. The van der Waals surface area contributed by atoms with Crippen LogP contribution in [0.3, 0.4) is 0 Å². The molecule has 2 aromatic carbocycles. The van der Waals surface area contributed by atoms with Crippen molar-refractivity contribution in [1.82, 2.24) is 10.4 Å². The molecule has 0 saturated heterocycles. The zero-order chi connectivity index (χ0) is 18.6. The number of halogens is 1. The molecule has 6 heteroatoms. The molecule has 0 aliphatic carbocycles. The number of aromatic nitrogens is 1. The van der Waals surface area contributed by atoms with Gasteiger partial charge < -0.3 is 0 Å². The van der Waals surface area contributed by atoms with Crippen LogP contribution in [0.4, 0.5) is 0 Å². The van der Waals surface area contributed by atoms with Gasteiger partial charge in [0.2, 0.25) is 0 Å². The van der Waals surface area contributed by atoms with Crippen LogP contribution in [0.2, 0.25) is 5.02 Å². The van der Waals surface area contributed by atoms with Crippen LogP contribution in [0, 0.1) is 0 Å². The molecular formula is C21H14ClN3OS. The van der Waals surface area contributed by atoms with Crippen molar-refractivity contribution in [2.75, 3.05) is 0 Å². The quantitative estimate of drug-likeness (QED) is 0.375. The van der Waals surface area contributed by atoms with E-state index < -0.39 is 0 Å². The number of rotatable bonds is 4. The van der Waals surface area contributed by atoms with Crippen molar-refractivity contribution < 1.29 is 4.79 Å². The average molecular weight is 392 g/mol. The van der Waals surface area contributed by atoms with Gasteiger partial charge in [0.15, 0.2) is 0 Å². The lowest BCUT2D eigenvalue weighted by Crippen LogP contribution is -2.18. The maximum Gasteiger partial charge on any atom is 0.272 e. The van der Waals surface area contributed by atoms with E-state index >= 15 is 0 Å². The van der Waals surface area contributed by atoms with E-state index in [1.54, 1.807) is 35.8 Å². The Bertz CT molecular complexity index is 1120. The van der Waals surface area contributed by atoms with E-state index in [2.05, 4.69) is 15.5 Å². The maximum absolute atomic E-state index is 12.8. The molecule has 0 fully saturated rings. The number of pyridine rings is 1. The number of carbonyl (C=O) groups excluding carboxylic acids is 1. The summed E-state index contributed by atoms with van der Waals surface area (Å²) in [7, 11) is 0. The highest BCUT2D eigenvalue weighted by Gasteiger charge is 2.13. The van der Waals surface area contributed by atoms with E-state index in [1.807, 2.05) is 53.2 Å². The Morgan fingerprint density at radius 1 is 1.11 bits per heavy atom. The SMILES string of the molecule is O=C(N/N=C/c1ccsc1)c1cc(-c2ccc(Cl)cc2)nc2ccccc12. The minimum absolute atomic E-state index is 0.282. The fraction of sp³-hybridized carbons (Fsp3) is 0. The number of thiophene rings is 1. The number of fused-ring (bicyclic) bond motifs is 1. The van der Waals surface area contributed by atoms with E-state index in [9.17, 15) is 4.79 Å². The minimum atomic E-state index is -0.282. The Labute approximate surface area is 165 Å². The van der Waals surface area contributed by atoms with Crippen molar-refractivity contribution in [3.63, 3.8) is 0 Å². The summed E-state index contributed by atoms with van der Waals surface area (Å²) in [5.41, 5.74) is 6.41. The lowest BCUT2D eigenvalue weighted by atomic mass is 10.0. The third kappa shape index (κ3) is 3.89. The van der Waals surface area contributed by atoms with Crippen molar-refractivity contribution >= 4 is 46.0 Å². The van der Waals surface area contributed by atoms with Crippen molar-refractivity contribution in [3.05, 3.63) is 87.6 Å². The van der Waals surface area contributed by atoms with Gasteiger partial charge in [-0.05, 0) is 41.1 Å². The Kier molecular flexibility index (Phi) is 4.96. The van der Waals surface area contributed by atoms with Crippen molar-refractivity contribution in [3.8, 4) is 11.3 Å². The molecule has 4 rings (SSSR count). The monoisotopic (exact) mass is 391 g/mol. The molecule has 0 atom stereocenters.